The number of aromatic amines is 1. The van der Waals surface area contributed by atoms with Crippen LogP contribution in [0.15, 0.2) is 48.9 Å². The van der Waals surface area contributed by atoms with Gasteiger partial charge in [-0.25, -0.2) is 9.97 Å². The molecule has 3 aromatic heterocycles. The second kappa shape index (κ2) is 8.28. The van der Waals surface area contributed by atoms with Crippen LogP contribution in [0.25, 0.3) is 11.0 Å². The van der Waals surface area contributed by atoms with Gasteiger partial charge in [0.05, 0.1) is 34.6 Å². The summed E-state index contributed by atoms with van der Waals surface area (Å²) >= 11 is 6.53. The van der Waals surface area contributed by atoms with Gasteiger partial charge < -0.3 is 30.6 Å². The molecule has 34 heavy (non-hydrogen) atoms. The Morgan fingerprint density at radius 3 is 2.76 bits per heavy atom. The summed E-state index contributed by atoms with van der Waals surface area (Å²) in [6, 6.07) is 8.70. The molecule has 0 aliphatic carbocycles. The molecular weight excluding hydrogens is 458 g/mol. The molecule has 174 valence electrons. The summed E-state index contributed by atoms with van der Waals surface area (Å²) in [7, 11) is 0. The highest BCUT2D eigenvalue weighted by Gasteiger charge is 2.39. The summed E-state index contributed by atoms with van der Waals surface area (Å²) in [4.78, 5) is 24.0. The quantitative estimate of drug-likeness (QED) is 0.293. The second-order valence-electron chi connectivity index (χ2n) is 8.44. The smallest absolute Gasteiger partial charge is 0.252 e. The number of rotatable bonds is 5. The van der Waals surface area contributed by atoms with E-state index >= 15 is 0 Å². The predicted molar refractivity (Wildman–Crippen MR) is 128 cm³/mol. The van der Waals surface area contributed by atoms with Gasteiger partial charge in [0.15, 0.2) is 0 Å². The van der Waals surface area contributed by atoms with Crippen LogP contribution in [0.2, 0.25) is 5.02 Å². The van der Waals surface area contributed by atoms with Gasteiger partial charge in [0.1, 0.15) is 23.0 Å². The Kier molecular flexibility index (Phi) is 5.40. The van der Waals surface area contributed by atoms with Crippen molar-refractivity contribution < 1.29 is 19.7 Å². The Bertz CT molecular complexity index is 1420. The van der Waals surface area contributed by atoms with E-state index in [0.717, 1.165) is 5.56 Å². The number of hydrogen-bond acceptors (Lipinski definition) is 7. The van der Waals surface area contributed by atoms with Gasteiger partial charge in [-0.05, 0) is 37.6 Å². The molecule has 0 bridgehead atoms. The minimum Gasteiger partial charge on any atom is -0.439 e. The maximum absolute atomic E-state index is 12.4. The SMILES string of the molecule is Cc1ccnc(Oc2ccc(C(O)c3c[nH]c4ncc5c(c34)NC(C)(CO)C(=O)N5)c(Cl)c2)c1. The monoisotopic (exact) mass is 479 g/mol. The molecule has 1 aliphatic rings. The van der Waals surface area contributed by atoms with Gasteiger partial charge in [0.2, 0.25) is 5.88 Å². The van der Waals surface area contributed by atoms with Crippen molar-refractivity contribution in [1.82, 2.24) is 15.0 Å². The molecule has 10 heteroatoms. The number of H-pyrrole nitrogens is 1. The van der Waals surface area contributed by atoms with E-state index in [4.69, 9.17) is 16.3 Å². The Morgan fingerprint density at radius 2 is 2.03 bits per heavy atom. The third-order valence-corrected chi connectivity index (χ3v) is 6.20. The molecule has 5 N–H and O–H groups in total. The third-order valence-electron chi connectivity index (χ3n) is 5.87. The van der Waals surface area contributed by atoms with E-state index in [-0.39, 0.29) is 5.91 Å². The average Bonchev–Trinajstić information content (AvgIpc) is 3.24. The van der Waals surface area contributed by atoms with Crippen molar-refractivity contribution in [3.8, 4) is 11.6 Å². The average molecular weight is 480 g/mol. The molecule has 0 spiro atoms. The van der Waals surface area contributed by atoms with E-state index in [1.54, 1.807) is 37.5 Å². The number of anilines is 2. The topological polar surface area (TPSA) is 132 Å². The van der Waals surface area contributed by atoms with Crippen LogP contribution in [0.3, 0.4) is 0 Å². The van der Waals surface area contributed by atoms with Gasteiger partial charge in [0, 0.05) is 29.6 Å². The number of carbonyl (C=O) groups is 1. The molecule has 1 aliphatic heterocycles. The third kappa shape index (κ3) is 3.73. The molecule has 0 saturated carbocycles. The summed E-state index contributed by atoms with van der Waals surface area (Å²) in [5, 5.41) is 27.8. The molecular formula is C24H22ClN5O4. The van der Waals surface area contributed by atoms with Crippen LogP contribution >= 0.6 is 11.6 Å². The molecule has 4 heterocycles. The number of amides is 1. The van der Waals surface area contributed by atoms with Crippen LogP contribution in [-0.4, -0.2) is 43.2 Å². The lowest BCUT2D eigenvalue weighted by atomic mass is 9.95. The molecule has 1 amide bonds. The van der Waals surface area contributed by atoms with Crippen molar-refractivity contribution in [1.29, 1.82) is 0 Å². The van der Waals surface area contributed by atoms with Crippen LogP contribution in [-0.2, 0) is 4.79 Å². The Morgan fingerprint density at radius 1 is 1.21 bits per heavy atom. The van der Waals surface area contributed by atoms with Crippen molar-refractivity contribution in [3.63, 3.8) is 0 Å². The number of hydrogen-bond donors (Lipinski definition) is 5. The lowest BCUT2D eigenvalue weighted by Gasteiger charge is -2.34. The first kappa shape index (κ1) is 22.1. The van der Waals surface area contributed by atoms with Crippen LogP contribution in [0.5, 0.6) is 11.6 Å². The van der Waals surface area contributed by atoms with Crippen molar-refractivity contribution in [2.75, 3.05) is 17.2 Å². The molecule has 9 nitrogen and oxygen atoms in total. The van der Waals surface area contributed by atoms with Gasteiger partial charge in [-0.3, -0.25) is 4.79 Å². The normalized spacial score (nSPS) is 18.2. The van der Waals surface area contributed by atoms with Crippen LogP contribution in [0, 0.1) is 6.92 Å². The number of aliphatic hydroxyl groups is 2. The maximum Gasteiger partial charge on any atom is 0.252 e. The number of halogens is 1. The number of pyridine rings is 2. The highest BCUT2D eigenvalue weighted by Crippen LogP contribution is 2.42. The first-order valence-corrected chi connectivity index (χ1v) is 11.0. The van der Waals surface area contributed by atoms with E-state index in [1.165, 1.54) is 6.20 Å². The summed E-state index contributed by atoms with van der Waals surface area (Å²) in [5.74, 6) is 0.557. The van der Waals surface area contributed by atoms with Crippen molar-refractivity contribution in [2.45, 2.75) is 25.5 Å². The van der Waals surface area contributed by atoms with Crippen LogP contribution in [0.4, 0.5) is 11.4 Å². The van der Waals surface area contributed by atoms with Crippen molar-refractivity contribution in [3.05, 3.63) is 70.6 Å². The van der Waals surface area contributed by atoms with E-state index in [0.29, 0.717) is 50.2 Å². The largest absolute Gasteiger partial charge is 0.439 e. The molecule has 0 saturated heterocycles. The molecule has 1 aromatic carbocycles. The number of ether oxygens (including phenoxy) is 1. The Balaban J connectivity index is 1.51. The standard InChI is InChI=1S/C24H22ClN5O4/c1-12-5-6-26-18(7-12)34-13-3-4-14(16(25)8-13)21(32)15-9-27-22-19(15)20-17(10-28-22)29-23(33)24(2,11-31)30-20/h3-10,21,30-32H,11H2,1-2H3,(H,27,28)(H,29,33). The minimum atomic E-state index is -1.22. The van der Waals surface area contributed by atoms with Gasteiger partial charge >= 0.3 is 0 Å². The molecule has 2 unspecified atom stereocenters. The summed E-state index contributed by atoms with van der Waals surface area (Å²) in [6.07, 6.45) is 3.73. The van der Waals surface area contributed by atoms with Gasteiger partial charge in [-0.15, -0.1) is 0 Å². The molecule has 5 rings (SSSR count). The van der Waals surface area contributed by atoms with Gasteiger partial charge in [-0.1, -0.05) is 17.7 Å². The number of benzene rings is 1. The summed E-state index contributed by atoms with van der Waals surface area (Å²) in [6.45, 7) is 3.13. The van der Waals surface area contributed by atoms with E-state index in [9.17, 15) is 15.0 Å². The maximum atomic E-state index is 12.4. The van der Waals surface area contributed by atoms with E-state index < -0.39 is 18.2 Å². The molecule has 4 aromatic rings. The van der Waals surface area contributed by atoms with Crippen molar-refractivity contribution in [2.24, 2.45) is 0 Å². The summed E-state index contributed by atoms with van der Waals surface area (Å²) < 4.78 is 5.79. The lowest BCUT2D eigenvalue weighted by Crippen LogP contribution is -2.53. The number of aliphatic hydroxyl groups excluding tert-OH is 2. The fourth-order valence-corrected chi connectivity index (χ4v) is 4.18. The molecule has 0 fully saturated rings. The van der Waals surface area contributed by atoms with E-state index in [1.807, 2.05) is 19.1 Å². The Labute approximate surface area is 199 Å². The lowest BCUT2D eigenvalue weighted by molar-refractivity contribution is -0.121. The zero-order valence-electron chi connectivity index (χ0n) is 18.4. The van der Waals surface area contributed by atoms with Crippen LogP contribution in [0.1, 0.15) is 29.7 Å². The van der Waals surface area contributed by atoms with Gasteiger partial charge in [-0.2, -0.15) is 0 Å². The Hall–Kier alpha value is -3.66. The number of nitrogens with one attached hydrogen (secondary N) is 3. The fraction of sp³-hybridized carbons (Fsp3) is 0.208. The number of aromatic nitrogens is 3. The number of fused-ring (bicyclic) bond motifs is 3. The highest BCUT2D eigenvalue weighted by molar-refractivity contribution is 6.31. The second-order valence-corrected chi connectivity index (χ2v) is 8.85. The first-order valence-electron chi connectivity index (χ1n) is 10.6. The van der Waals surface area contributed by atoms with Gasteiger partial charge in [0.25, 0.3) is 5.91 Å². The molecule has 0 radical (unpaired) electrons. The summed E-state index contributed by atoms with van der Waals surface area (Å²) in [5.41, 5.74) is 2.30. The first-order chi connectivity index (χ1) is 16.3. The van der Waals surface area contributed by atoms with E-state index in [2.05, 4.69) is 25.6 Å². The predicted octanol–water partition coefficient (Wildman–Crippen LogP) is 3.91. The van der Waals surface area contributed by atoms with Crippen molar-refractivity contribution >= 4 is 39.9 Å². The highest BCUT2D eigenvalue weighted by atomic mass is 35.5. The minimum absolute atomic E-state index is 0.311. The fourth-order valence-electron chi connectivity index (χ4n) is 3.91. The number of aryl methyl sites for hydroxylation is 1. The number of nitrogens with zero attached hydrogens (tertiary/aromatic N) is 2. The zero-order valence-corrected chi connectivity index (χ0v) is 19.1. The number of carbonyl (C=O) groups excluding carboxylic acids is 1. The molecule has 2 atom stereocenters. The van der Waals surface area contributed by atoms with Crippen LogP contribution < -0.4 is 15.4 Å². The zero-order chi connectivity index (χ0) is 24.0.